The lowest BCUT2D eigenvalue weighted by molar-refractivity contribution is 0.0692. The van der Waals surface area contributed by atoms with E-state index in [-0.39, 0.29) is 17.5 Å². The number of carboxylic acid groups (broad SMARTS) is 1. The summed E-state index contributed by atoms with van der Waals surface area (Å²) in [6, 6.07) is 1.10. The number of nitrogens with one attached hydrogen (secondary N) is 3. The van der Waals surface area contributed by atoms with Gasteiger partial charge in [0, 0.05) is 12.2 Å². The van der Waals surface area contributed by atoms with Gasteiger partial charge in [0.05, 0.1) is 18.4 Å². The predicted molar refractivity (Wildman–Crippen MR) is 70.6 cm³/mol. The average Bonchev–Trinajstić information content (AvgIpc) is 2.65. The minimum Gasteiger partial charge on any atom is -0.477 e. The normalized spacial score (nSPS) is 10.5. The highest BCUT2D eigenvalue weighted by Crippen LogP contribution is 2.16. The number of carboxylic acids is 1. The zero-order valence-electron chi connectivity index (χ0n) is 11.2. The van der Waals surface area contributed by atoms with Gasteiger partial charge in [0.15, 0.2) is 0 Å². The van der Waals surface area contributed by atoms with Gasteiger partial charge in [-0.15, -0.1) is 0 Å². The van der Waals surface area contributed by atoms with Crippen molar-refractivity contribution < 1.29 is 19.4 Å². The quantitative estimate of drug-likeness (QED) is 0.588. The molecule has 1 rings (SSSR count). The van der Waals surface area contributed by atoms with E-state index in [2.05, 4.69) is 15.6 Å². The molecule has 0 bridgehead atoms. The number of aryl methyl sites for hydroxylation is 1. The van der Waals surface area contributed by atoms with Crippen LogP contribution in [-0.4, -0.2) is 41.3 Å². The van der Waals surface area contributed by atoms with Crippen molar-refractivity contribution in [3.63, 3.8) is 0 Å². The second-order valence-electron chi connectivity index (χ2n) is 4.35. The molecule has 0 spiro atoms. The number of hydrogen-bond acceptors (Lipinski definition) is 3. The molecule has 1 heterocycles. The SMILES string of the molecule is Cc1cc(NC(=O)NCCOC(C)C)c(C(=O)O)[nH]1. The average molecular weight is 269 g/mol. The minimum absolute atomic E-state index is 0.0360. The number of carbonyl (C=O) groups is 2. The summed E-state index contributed by atoms with van der Waals surface area (Å²) in [6.07, 6.45) is 0.107. The molecule has 0 aromatic carbocycles. The molecule has 0 fully saturated rings. The van der Waals surface area contributed by atoms with Crippen molar-refractivity contribution >= 4 is 17.7 Å². The van der Waals surface area contributed by atoms with Gasteiger partial charge in [0.1, 0.15) is 5.69 Å². The van der Waals surface area contributed by atoms with Crippen molar-refractivity contribution in [1.29, 1.82) is 0 Å². The van der Waals surface area contributed by atoms with E-state index >= 15 is 0 Å². The zero-order chi connectivity index (χ0) is 14.4. The molecule has 0 radical (unpaired) electrons. The highest BCUT2D eigenvalue weighted by atomic mass is 16.5. The molecule has 2 amide bonds. The Hall–Kier alpha value is -2.02. The summed E-state index contributed by atoms with van der Waals surface area (Å²) in [5.74, 6) is -1.12. The molecular weight excluding hydrogens is 250 g/mol. The van der Waals surface area contributed by atoms with Crippen molar-refractivity contribution in [2.45, 2.75) is 26.9 Å². The third kappa shape index (κ3) is 5.01. The van der Waals surface area contributed by atoms with E-state index in [1.54, 1.807) is 13.0 Å². The molecule has 0 aliphatic heterocycles. The van der Waals surface area contributed by atoms with Crippen LogP contribution in [0.5, 0.6) is 0 Å². The first-order valence-electron chi connectivity index (χ1n) is 5.99. The predicted octanol–water partition coefficient (Wildman–Crippen LogP) is 1.57. The standard InChI is InChI=1S/C12H19N3O4/c1-7(2)19-5-4-13-12(18)15-9-6-8(3)14-10(9)11(16)17/h6-7,14H,4-5H2,1-3H3,(H,16,17)(H2,13,15,18). The van der Waals surface area contributed by atoms with Crippen LogP contribution in [-0.2, 0) is 4.74 Å². The topological polar surface area (TPSA) is 103 Å². The second kappa shape index (κ2) is 6.79. The molecule has 106 valence electrons. The van der Waals surface area contributed by atoms with E-state index in [0.29, 0.717) is 18.8 Å². The fourth-order valence-corrected chi connectivity index (χ4v) is 1.48. The van der Waals surface area contributed by atoms with Crippen molar-refractivity contribution in [2.75, 3.05) is 18.5 Å². The van der Waals surface area contributed by atoms with Crippen LogP contribution in [0.4, 0.5) is 10.5 Å². The second-order valence-corrected chi connectivity index (χ2v) is 4.35. The molecule has 0 aliphatic rings. The number of hydrogen-bond donors (Lipinski definition) is 4. The summed E-state index contributed by atoms with van der Waals surface area (Å²) in [7, 11) is 0. The van der Waals surface area contributed by atoms with Gasteiger partial charge in [-0.25, -0.2) is 9.59 Å². The van der Waals surface area contributed by atoms with Crippen LogP contribution in [0.3, 0.4) is 0 Å². The van der Waals surface area contributed by atoms with Crippen LogP contribution in [0.1, 0.15) is 30.0 Å². The van der Waals surface area contributed by atoms with Crippen LogP contribution < -0.4 is 10.6 Å². The Morgan fingerprint density at radius 2 is 2.16 bits per heavy atom. The lowest BCUT2D eigenvalue weighted by Gasteiger charge is -2.09. The van der Waals surface area contributed by atoms with Crippen molar-refractivity contribution in [1.82, 2.24) is 10.3 Å². The Bertz CT molecular complexity index is 454. The first kappa shape index (κ1) is 15.0. The number of rotatable bonds is 6. The van der Waals surface area contributed by atoms with E-state index in [1.807, 2.05) is 13.8 Å². The van der Waals surface area contributed by atoms with Gasteiger partial charge < -0.3 is 25.5 Å². The zero-order valence-corrected chi connectivity index (χ0v) is 11.2. The summed E-state index contributed by atoms with van der Waals surface area (Å²) < 4.78 is 5.27. The number of amides is 2. The molecule has 19 heavy (non-hydrogen) atoms. The van der Waals surface area contributed by atoms with E-state index in [9.17, 15) is 9.59 Å². The largest absolute Gasteiger partial charge is 0.477 e. The smallest absolute Gasteiger partial charge is 0.354 e. The van der Waals surface area contributed by atoms with E-state index in [4.69, 9.17) is 9.84 Å². The number of aromatic carboxylic acids is 1. The molecule has 1 aromatic rings. The van der Waals surface area contributed by atoms with Gasteiger partial charge >= 0.3 is 12.0 Å². The van der Waals surface area contributed by atoms with Gasteiger partial charge in [-0.1, -0.05) is 0 Å². The van der Waals surface area contributed by atoms with Crippen molar-refractivity contribution in [2.24, 2.45) is 0 Å². The molecule has 0 saturated carbocycles. The fraction of sp³-hybridized carbons (Fsp3) is 0.500. The summed E-state index contributed by atoms with van der Waals surface area (Å²) in [5.41, 5.74) is 0.870. The minimum atomic E-state index is -1.12. The lowest BCUT2D eigenvalue weighted by atomic mass is 10.3. The van der Waals surface area contributed by atoms with Gasteiger partial charge in [0.2, 0.25) is 0 Å². The summed E-state index contributed by atoms with van der Waals surface area (Å²) in [4.78, 5) is 25.2. The van der Waals surface area contributed by atoms with Gasteiger partial charge in [-0.2, -0.15) is 0 Å². The number of ether oxygens (including phenoxy) is 1. The molecule has 7 nitrogen and oxygen atoms in total. The number of carbonyl (C=O) groups excluding carboxylic acids is 1. The molecule has 1 aromatic heterocycles. The monoisotopic (exact) mass is 269 g/mol. The van der Waals surface area contributed by atoms with Crippen LogP contribution in [0.2, 0.25) is 0 Å². The number of aromatic nitrogens is 1. The molecular formula is C12H19N3O4. The van der Waals surface area contributed by atoms with E-state index in [0.717, 1.165) is 0 Å². The number of aromatic amines is 1. The molecule has 0 aliphatic carbocycles. The van der Waals surface area contributed by atoms with Gasteiger partial charge in [-0.05, 0) is 26.8 Å². The maximum Gasteiger partial charge on any atom is 0.354 e. The van der Waals surface area contributed by atoms with Crippen LogP contribution in [0.15, 0.2) is 6.07 Å². The number of urea groups is 1. The Labute approximate surface area is 111 Å². The Morgan fingerprint density at radius 3 is 2.74 bits per heavy atom. The molecule has 0 unspecified atom stereocenters. The summed E-state index contributed by atoms with van der Waals surface area (Å²) in [6.45, 7) is 6.29. The van der Waals surface area contributed by atoms with Crippen molar-refractivity contribution in [3.8, 4) is 0 Å². The maximum atomic E-state index is 11.6. The lowest BCUT2D eigenvalue weighted by Crippen LogP contribution is -2.32. The van der Waals surface area contributed by atoms with Crippen molar-refractivity contribution in [3.05, 3.63) is 17.5 Å². The Morgan fingerprint density at radius 1 is 1.47 bits per heavy atom. The van der Waals surface area contributed by atoms with Crippen LogP contribution in [0, 0.1) is 6.92 Å². The van der Waals surface area contributed by atoms with E-state index < -0.39 is 12.0 Å². The Balaban J connectivity index is 2.46. The first-order valence-corrected chi connectivity index (χ1v) is 5.99. The summed E-state index contributed by atoms with van der Waals surface area (Å²) in [5, 5.41) is 14.0. The molecule has 4 N–H and O–H groups in total. The maximum absolute atomic E-state index is 11.6. The first-order chi connectivity index (χ1) is 8.90. The molecule has 0 saturated heterocycles. The van der Waals surface area contributed by atoms with Gasteiger partial charge in [-0.3, -0.25) is 0 Å². The van der Waals surface area contributed by atoms with E-state index in [1.165, 1.54) is 0 Å². The highest BCUT2D eigenvalue weighted by molar-refractivity contribution is 5.99. The number of H-pyrrole nitrogens is 1. The molecule has 0 atom stereocenters. The third-order valence-corrected chi connectivity index (χ3v) is 2.25. The number of anilines is 1. The highest BCUT2D eigenvalue weighted by Gasteiger charge is 2.14. The van der Waals surface area contributed by atoms with Crippen LogP contribution >= 0.6 is 0 Å². The van der Waals surface area contributed by atoms with Crippen LogP contribution in [0.25, 0.3) is 0 Å². The molecule has 7 heteroatoms. The Kier molecular flexibility index (Phi) is 5.37. The summed E-state index contributed by atoms with van der Waals surface area (Å²) >= 11 is 0. The fourth-order valence-electron chi connectivity index (χ4n) is 1.48. The van der Waals surface area contributed by atoms with Gasteiger partial charge in [0.25, 0.3) is 0 Å². The third-order valence-electron chi connectivity index (χ3n) is 2.25.